The average Bonchev–Trinajstić information content (AvgIpc) is 2.48. The second-order valence-electron chi connectivity index (χ2n) is 3.99. The molecule has 0 heterocycles. The molecule has 2 rings (SSSR count). The Balaban J connectivity index is 1.86. The van der Waals surface area contributed by atoms with Gasteiger partial charge in [-0.25, -0.2) is 9.59 Å². The van der Waals surface area contributed by atoms with Gasteiger partial charge in [-0.2, -0.15) is 0 Å². The number of hydrogen-bond donors (Lipinski definition) is 2. The molecule has 2 aromatic carbocycles. The van der Waals surface area contributed by atoms with E-state index in [1.807, 2.05) is 0 Å². The predicted molar refractivity (Wildman–Crippen MR) is 73.8 cm³/mol. The number of carbonyl (C=O) groups is 2. The first-order chi connectivity index (χ1) is 10.1. The van der Waals surface area contributed by atoms with E-state index in [0.717, 1.165) is 7.69 Å². The quantitative estimate of drug-likeness (QED) is 0.789. The van der Waals surface area contributed by atoms with Crippen LogP contribution in [0.15, 0.2) is 48.5 Å². The van der Waals surface area contributed by atoms with E-state index in [4.69, 9.17) is 19.5 Å². The van der Waals surface area contributed by atoms with Crippen LogP contribution in [0, 0.1) is 0 Å². The lowest BCUT2D eigenvalue weighted by molar-refractivity contribution is 0.0686. The summed E-state index contributed by atoms with van der Waals surface area (Å²) < 4.78 is 10.3. The lowest BCUT2D eigenvalue weighted by atomic mass is 10.2. The van der Waals surface area contributed by atoms with Crippen LogP contribution in [0.3, 0.4) is 0 Å². The van der Waals surface area contributed by atoms with Crippen molar-refractivity contribution >= 4 is 19.6 Å². The molecular formula is C14H10BO6. The fourth-order valence-electron chi connectivity index (χ4n) is 1.49. The zero-order chi connectivity index (χ0) is 15.2. The van der Waals surface area contributed by atoms with Gasteiger partial charge in [0.05, 0.1) is 11.1 Å². The van der Waals surface area contributed by atoms with E-state index in [0.29, 0.717) is 11.5 Å². The molecule has 105 valence electrons. The van der Waals surface area contributed by atoms with Crippen LogP contribution in [0.4, 0.5) is 0 Å². The molecular weight excluding hydrogens is 275 g/mol. The molecule has 0 bridgehead atoms. The van der Waals surface area contributed by atoms with Crippen LogP contribution in [0.5, 0.6) is 11.5 Å². The van der Waals surface area contributed by atoms with E-state index >= 15 is 0 Å². The molecule has 0 fully saturated rings. The lowest BCUT2D eigenvalue weighted by Gasteiger charge is -2.06. The van der Waals surface area contributed by atoms with Crippen molar-refractivity contribution in [2.75, 3.05) is 0 Å². The van der Waals surface area contributed by atoms with Crippen LogP contribution >= 0.6 is 0 Å². The Kier molecular flexibility index (Phi) is 4.45. The fourth-order valence-corrected chi connectivity index (χ4v) is 1.49. The van der Waals surface area contributed by atoms with Gasteiger partial charge in [0.2, 0.25) is 0 Å². The minimum Gasteiger partial charge on any atom is -0.526 e. The summed E-state index contributed by atoms with van der Waals surface area (Å²) in [6, 6.07) is 11.6. The fraction of sp³-hybridized carbons (Fsp3) is 0. The van der Waals surface area contributed by atoms with Crippen LogP contribution in [0.2, 0.25) is 0 Å². The first-order valence-electron chi connectivity index (χ1n) is 5.88. The van der Waals surface area contributed by atoms with Crippen molar-refractivity contribution in [2.45, 2.75) is 0 Å². The third-order valence-electron chi connectivity index (χ3n) is 2.57. The van der Waals surface area contributed by atoms with Crippen LogP contribution in [-0.4, -0.2) is 29.8 Å². The van der Waals surface area contributed by atoms with Crippen LogP contribution in [0.1, 0.15) is 20.7 Å². The van der Waals surface area contributed by atoms with E-state index < -0.39 is 11.9 Å². The molecule has 0 aliphatic rings. The Hall–Kier alpha value is -2.96. The Morgan fingerprint density at radius 3 is 1.33 bits per heavy atom. The maximum absolute atomic E-state index is 10.7. The zero-order valence-corrected chi connectivity index (χ0v) is 10.7. The predicted octanol–water partition coefficient (Wildman–Crippen LogP) is 2.08. The van der Waals surface area contributed by atoms with Crippen LogP contribution in [0.25, 0.3) is 0 Å². The Morgan fingerprint density at radius 2 is 1.05 bits per heavy atom. The third-order valence-corrected chi connectivity index (χ3v) is 2.57. The number of carboxylic acids is 2. The molecule has 2 N–H and O–H groups in total. The molecule has 2 aromatic rings. The van der Waals surface area contributed by atoms with Crippen LogP contribution in [-0.2, 0) is 0 Å². The zero-order valence-electron chi connectivity index (χ0n) is 10.7. The summed E-state index contributed by atoms with van der Waals surface area (Å²) in [7, 11) is 1.07. The molecule has 0 saturated heterocycles. The van der Waals surface area contributed by atoms with Gasteiger partial charge in [0.15, 0.2) is 0 Å². The minimum atomic E-state index is -1.01. The summed E-state index contributed by atoms with van der Waals surface area (Å²) in [5.41, 5.74) is 0.319. The van der Waals surface area contributed by atoms with Gasteiger partial charge in [-0.1, -0.05) is 0 Å². The molecule has 0 spiro atoms. The van der Waals surface area contributed by atoms with Crippen molar-refractivity contribution in [3.63, 3.8) is 0 Å². The molecule has 0 atom stereocenters. The molecule has 0 aliphatic carbocycles. The Labute approximate surface area is 120 Å². The number of carboxylic acid groups (broad SMARTS) is 2. The standard InChI is InChI=1S/C14H10BO6/c16-13(17)9-1-5-11(6-2-9)20-15-21-12-7-3-10(4-8-12)14(18)19/h1-8H,(H,16,17)(H,18,19). The molecule has 0 aromatic heterocycles. The van der Waals surface area contributed by atoms with Crippen molar-refractivity contribution < 1.29 is 29.1 Å². The third kappa shape index (κ3) is 4.00. The summed E-state index contributed by atoms with van der Waals surface area (Å²) in [6.07, 6.45) is 0. The van der Waals surface area contributed by atoms with E-state index in [1.54, 1.807) is 0 Å². The van der Waals surface area contributed by atoms with Gasteiger partial charge in [-0.3, -0.25) is 0 Å². The monoisotopic (exact) mass is 285 g/mol. The number of benzene rings is 2. The number of aromatic carboxylic acids is 2. The van der Waals surface area contributed by atoms with Gasteiger partial charge in [-0.05, 0) is 48.5 Å². The lowest BCUT2D eigenvalue weighted by Crippen LogP contribution is -2.11. The summed E-state index contributed by atoms with van der Waals surface area (Å²) in [5.74, 6) is -1.19. The normalized spacial score (nSPS) is 9.71. The largest absolute Gasteiger partial charge is 0.658 e. The maximum atomic E-state index is 10.7. The summed E-state index contributed by atoms with van der Waals surface area (Å²) >= 11 is 0. The van der Waals surface area contributed by atoms with E-state index in [2.05, 4.69) is 0 Å². The topological polar surface area (TPSA) is 93.1 Å². The van der Waals surface area contributed by atoms with E-state index in [-0.39, 0.29) is 11.1 Å². The smallest absolute Gasteiger partial charge is 0.526 e. The second-order valence-corrected chi connectivity index (χ2v) is 3.99. The van der Waals surface area contributed by atoms with Crippen molar-refractivity contribution in [2.24, 2.45) is 0 Å². The number of rotatable bonds is 6. The highest BCUT2D eigenvalue weighted by Crippen LogP contribution is 2.14. The molecule has 0 saturated carbocycles. The highest BCUT2D eigenvalue weighted by atomic mass is 16.6. The van der Waals surface area contributed by atoms with Gasteiger partial charge in [0.1, 0.15) is 11.5 Å². The van der Waals surface area contributed by atoms with Crippen molar-refractivity contribution in [3.8, 4) is 11.5 Å². The van der Waals surface area contributed by atoms with E-state index in [9.17, 15) is 9.59 Å². The number of hydrogen-bond acceptors (Lipinski definition) is 4. The van der Waals surface area contributed by atoms with Gasteiger partial charge in [-0.15, -0.1) is 0 Å². The summed E-state index contributed by atoms with van der Waals surface area (Å²) in [6.45, 7) is 0. The first-order valence-corrected chi connectivity index (χ1v) is 5.88. The highest BCUT2D eigenvalue weighted by Gasteiger charge is 2.06. The first kappa shape index (κ1) is 14.5. The Morgan fingerprint density at radius 1 is 0.714 bits per heavy atom. The van der Waals surface area contributed by atoms with Gasteiger partial charge >= 0.3 is 19.6 Å². The minimum absolute atomic E-state index is 0.160. The van der Waals surface area contributed by atoms with E-state index in [1.165, 1.54) is 48.5 Å². The summed E-state index contributed by atoms with van der Waals surface area (Å²) in [4.78, 5) is 21.3. The van der Waals surface area contributed by atoms with Crippen molar-refractivity contribution in [3.05, 3.63) is 59.7 Å². The van der Waals surface area contributed by atoms with Gasteiger partial charge < -0.3 is 19.5 Å². The molecule has 0 amide bonds. The highest BCUT2D eigenvalue weighted by molar-refractivity contribution is 6.20. The van der Waals surface area contributed by atoms with Gasteiger partial charge in [0, 0.05) is 0 Å². The molecule has 7 heteroatoms. The molecule has 0 unspecified atom stereocenters. The maximum Gasteiger partial charge on any atom is 0.658 e. The molecule has 6 nitrogen and oxygen atoms in total. The van der Waals surface area contributed by atoms with Crippen molar-refractivity contribution in [1.29, 1.82) is 0 Å². The molecule has 0 aliphatic heterocycles. The van der Waals surface area contributed by atoms with Crippen LogP contribution < -0.4 is 9.31 Å². The average molecular weight is 285 g/mol. The SMILES string of the molecule is O=C(O)c1ccc(O[B]Oc2ccc(C(=O)O)cc2)cc1. The van der Waals surface area contributed by atoms with Gasteiger partial charge in [0.25, 0.3) is 0 Å². The van der Waals surface area contributed by atoms with Crippen molar-refractivity contribution in [1.82, 2.24) is 0 Å². The Bertz CT molecular complexity index is 578. The molecule has 1 radical (unpaired) electrons. The summed E-state index contributed by atoms with van der Waals surface area (Å²) in [5, 5.41) is 17.5. The second kappa shape index (κ2) is 6.47. The molecule has 21 heavy (non-hydrogen) atoms.